The topological polar surface area (TPSA) is 16.1 Å². The highest BCUT2D eigenvalue weighted by Gasteiger charge is 2.39. The van der Waals surface area contributed by atoms with Crippen molar-refractivity contribution in [2.75, 3.05) is 11.4 Å². The van der Waals surface area contributed by atoms with Gasteiger partial charge in [0.25, 0.3) is 0 Å². The van der Waals surface area contributed by atoms with Crippen molar-refractivity contribution in [1.29, 1.82) is 0 Å². The Morgan fingerprint density at radius 2 is 1.46 bits per heavy atom. The molecule has 1 aromatic rings. The molecular weight excluding hydrogens is 312 g/mol. The van der Waals surface area contributed by atoms with Gasteiger partial charge in [0.15, 0.2) is 0 Å². The Morgan fingerprint density at radius 1 is 1.00 bits per heavy atom. The van der Waals surface area contributed by atoms with Gasteiger partial charge in [0.1, 0.15) is 5.82 Å². The predicted molar refractivity (Wildman–Crippen MR) is 116 cm³/mol. The third-order valence-electron chi connectivity index (χ3n) is 4.70. The second-order valence-corrected chi connectivity index (χ2v) is 11.6. The van der Waals surface area contributed by atoms with Gasteiger partial charge in [-0.2, -0.15) is 10.2 Å². The Hall–Kier alpha value is -0.960. The van der Waals surface area contributed by atoms with Crippen LogP contribution in [0.1, 0.15) is 73.8 Å². The zero-order chi connectivity index (χ0) is 19.1. The normalized spacial score (nSPS) is 13.5. The van der Waals surface area contributed by atoms with Crippen LogP contribution in [0.2, 0.25) is 0 Å². The van der Waals surface area contributed by atoms with Crippen molar-refractivity contribution in [1.82, 2.24) is 4.98 Å². The van der Waals surface area contributed by atoms with Crippen LogP contribution in [-0.2, 0) is 0 Å². The summed E-state index contributed by atoms with van der Waals surface area (Å²) in [6.07, 6.45) is 3.92. The highest BCUT2D eigenvalue weighted by molar-refractivity contribution is 8.36. The largest absolute Gasteiger partial charge is 0.321 e. The lowest BCUT2D eigenvalue weighted by Crippen LogP contribution is -2.41. The van der Waals surface area contributed by atoms with E-state index in [0.29, 0.717) is 21.7 Å². The highest BCUT2D eigenvalue weighted by atomic mass is 32.3. The summed E-state index contributed by atoms with van der Waals surface area (Å²) in [5, 5.41) is 1.85. The van der Waals surface area contributed by atoms with E-state index in [9.17, 15) is 0 Å². The van der Waals surface area contributed by atoms with E-state index in [4.69, 9.17) is 4.98 Å². The standard InChI is InChI=1S/C19H34N2S.C2H6/c1-10-17(8)18-12-11-13-20-19(18)21(9)22(14(2)3,15(4)5)16(6)7;1-2/h10-17H,1H2,2-9H3;1-2H3. The number of anilines is 1. The first-order chi connectivity index (χ1) is 11.2. The molecule has 0 aliphatic rings. The molecule has 0 N–H and O–H groups in total. The Morgan fingerprint density at radius 3 is 1.83 bits per heavy atom. The quantitative estimate of drug-likeness (QED) is 0.503. The van der Waals surface area contributed by atoms with Crippen LogP contribution in [0.4, 0.5) is 5.82 Å². The molecule has 0 aliphatic heterocycles. The van der Waals surface area contributed by atoms with Crippen LogP contribution in [0.25, 0.3) is 0 Å². The van der Waals surface area contributed by atoms with Gasteiger partial charge in [-0.05, 0) is 21.8 Å². The van der Waals surface area contributed by atoms with E-state index in [1.807, 2.05) is 32.2 Å². The molecule has 140 valence electrons. The molecule has 1 rings (SSSR count). The summed E-state index contributed by atoms with van der Waals surface area (Å²) in [6.45, 7) is 24.4. The molecule has 24 heavy (non-hydrogen) atoms. The van der Waals surface area contributed by atoms with Gasteiger partial charge < -0.3 is 4.31 Å². The molecule has 0 amide bonds. The van der Waals surface area contributed by atoms with E-state index in [-0.39, 0.29) is 0 Å². The Balaban J connectivity index is 0.00000254. The molecule has 0 spiro atoms. The zero-order valence-electron chi connectivity index (χ0n) is 17.6. The van der Waals surface area contributed by atoms with E-state index < -0.39 is 10.2 Å². The summed E-state index contributed by atoms with van der Waals surface area (Å²) in [4.78, 5) is 4.76. The number of nitrogens with zero attached hydrogens (tertiary/aromatic N) is 2. The predicted octanol–water partition coefficient (Wildman–Crippen LogP) is 6.78. The van der Waals surface area contributed by atoms with Crippen LogP contribution in [0.3, 0.4) is 0 Å². The molecule has 3 heteroatoms. The fourth-order valence-electron chi connectivity index (χ4n) is 3.89. The van der Waals surface area contributed by atoms with Gasteiger partial charge in [0.05, 0.1) is 0 Å². The first-order valence-electron chi connectivity index (χ1n) is 9.32. The van der Waals surface area contributed by atoms with Gasteiger partial charge in [0.2, 0.25) is 0 Å². The fourth-order valence-corrected chi connectivity index (χ4v) is 9.50. The van der Waals surface area contributed by atoms with Gasteiger partial charge in [-0.15, -0.1) is 6.58 Å². The number of rotatable bonds is 7. The van der Waals surface area contributed by atoms with Gasteiger partial charge in [-0.3, -0.25) is 0 Å². The lowest BCUT2D eigenvalue weighted by Gasteiger charge is -2.57. The molecule has 1 unspecified atom stereocenters. The van der Waals surface area contributed by atoms with Gasteiger partial charge >= 0.3 is 0 Å². The number of pyridine rings is 1. The van der Waals surface area contributed by atoms with Crippen molar-refractivity contribution in [2.45, 2.75) is 84.0 Å². The molecule has 0 saturated heterocycles. The number of hydrogen-bond donors (Lipinski definition) is 0. The Labute approximate surface area is 153 Å². The lowest BCUT2D eigenvalue weighted by molar-refractivity contribution is 0.907. The molecule has 0 fully saturated rings. The van der Waals surface area contributed by atoms with Crippen molar-refractivity contribution in [3.8, 4) is 0 Å². The van der Waals surface area contributed by atoms with Crippen molar-refractivity contribution >= 4 is 16.0 Å². The first-order valence-corrected chi connectivity index (χ1v) is 11.1. The van der Waals surface area contributed by atoms with E-state index in [2.05, 4.69) is 72.5 Å². The van der Waals surface area contributed by atoms with E-state index in [1.165, 1.54) is 5.56 Å². The van der Waals surface area contributed by atoms with Crippen molar-refractivity contribution in [3.05, 3.63) is 36.5 Å². The maximum Gasteiger partial charge on any atom is 0.140 e. The summed E-state index contributed by atoms with van der Waals surface area (Å²) in [7, 11) is 1.24. The van der Waals surface area contributed by atoms with Crippen molar-refractivity contribution in [3.63, 3.8) is 0 Å². The molecule has 1 heterocycles. The van der Waals surface area contributed by atoms with Gasteiger partial charge in [-0.1, -0.05) is 74.5 Å². The van der Waals surface area contributed by atoms with Crippen LogP contribution < -0.4 is 4.31 Å². The van der Waals surface area contributed by atoms with Crippen LogP contribution in [0.15, 0.2) is 31.0 Å². The summed E-state index contributed by atoms with van der Waals surface area (Å²) in [5.74, 6) is 1.44. The minimum absolute atomic E-state index is 0.315. The molecule has 0 bridgehead atoms. The molecule has 0 aliphatic carbocycles. The SMILES string of the molecule is C=CC(C)c1cccnc1N(C)S(C(C)C)(C(C)C)C(C)C.CC. The minimum Gasteiger partial charge on any atom is -0.321 e. The van der Waals surface area contributed by atoms with Crippen LogP contribution >= 0.6 is 10.2 Å². The van der Waals surface area contributed by atoms with Crippen molar-refractivity contribution < 1.29 is 0 Å². The number of allylic oxidation sites excluding steroid dienone is 1. The van der Waals surface area contributed by atoms with Crippen molar-refractivity contribution in [2.24, 2.45) is 0 Å². The molecular formula is C21H40N2S. The summed E-state index contributed by atoms with van der Waals surface area (Å²) >= 11 is 0. The summed E-state index contributed by atoms with van der Waals surface area (Å²) in [6, 6.07) is 4.22. The lowest BCUT2D eigenvalue weighted by atomic mass is 10.0. The van der Waals surface area contributed by atoms with Crippen LogP contribution in [0.5, 0.6) is 0 Å². The molecule has 0 saturated carbocycles. The summed E-state index contributed by atoms with van der Waals surface area (Å²) in [5.41, 5.74) is 1.28. The second kappa shape index (κ2) is 10.1. The van der Waals surface area contributed by atoms with Gasteiger partial charge in [-0.25, -0.2) is 4.98 Å². The Kier molecular flexibility index (Phi) is 9.72. The van der Waals surface area contributed by atoms with Crippen LogP contribution in [0, 0.1) is 0 Å². The molecule has 1 atom stereocenters. The van der Waals surface area contributed by atoms with E-state index in [0.717, 1.165) is 5.82 Å². The second-order valence-electron chi connectivity index (χ2n) is 6.81. The summed E-state index contributed by atoms with van der Waals surface area (Å²) < 4.78 is 2.52. The minimum atomic E-state index is -1.01. The highest BCUT2D eigenvalue weighted by Crippen LogP contribution is 2.63. The molecule has 0 aromatic carbocycles. The fraction of sp³-hybridized carbons (Fsp3) is 0.667. The van der Waals surface area contributed by atoms with E-state index >= 15 is 0 Å². The number of hydrogen-bond acceptors (Lipinski definition) is 2. The third kappa shape index (κ3) is 4.36. The molecule has 0 radical (unpaired) electrons. The monoisotopic (exact) mass is 352 g/mol. The third-order valence-corrected chi connectivity index (χ3v) is 10.4. The molecule has 1 aromatic heterocycles. The van der Waals surface area contributed by atoms with Crippen LogP contribution in [-0.4, -0.2) is 27.8 Å². The average Bonchev–Trinajstić information content (AvgIpc) is 2.55. The maximum absolute atomic E-state index is 4.76. The first kappa shape index (κ1) is 23.0. The van der Waals surface area contributed by atoms with Gasteiger partial charge in [0, 0.05) is 24.7 Å². The Bertz CT molecular complexity index is 473. The number of aromatic nitrogens is 1. The smallest absolute Gasteiger partial charge is 0.140 e. The zero-order valence-corrected chi connectivity index (χ0v) is 18.4. The maximum atomic E-state index is 4.76. The molecule has 2 nitrogen and oxygen atoms in total. The van der Waals surface area contributed by atoms with E-state index in [1.54, 1.807) is 0 Å². The average molecular weight is 353 g/mol.